The van der Waals surface area contributed by atoms with Crippen LogP contribution in [0.3, 0.4) is 0 Å². The standard InChI is InChI=1S/C19H20OS/c1-2-16-17(20)13-18(14-9-5-3-6-10-14)21-19(16)15-11-7-4-8-12-15/h3-12,16,18-19H,2,13H2,1H3/t16?,18-,19+/m1/s1. The van der Waals surface area contributed by atoms with E-state index in [2.05, 4.69) is 55.5 Å². The zero-order chi connectivity index (χ0) is 14.7. The Balaban J connectivity index is 1.91. The maximum absolute atomic E-state index is 12.6. The van der Waals surface area contributed by atoms with Gasteiger partial charge in [0.15, 0.2) is 0 Å². The molecule has 2 heteroatoms. The summed E-state index contributed by atoms with van der Waals surface area (Å²) in [7, 11) is 0. The summed E-state index contributed by atoms with van der Waals surface area (Å²) in [5.74, 6) is 0.566. The zero-order valence-electron chi connectivity index (χ0n) is 12.2. The second kappa shape index (κ2) is 6.48. The minimum atomic E-state index is 0.150. The van der Waals surface area contributed by atoms with E-state index in [1.54, 1.807) is 0 Å². The molecule has 0 bridgehead atoms. The van der Waals surface area contributed by atoms with Gasteiger partial charge < -0.3 is 0 Å². The van der Waals surface area contributed by atoms with Gasteiger partial charge in [0.1, 0.15) is 5.78 Å². The van der Waals surface area contributed by atoms with Gasteiger partial charge in [-0.1, -0.05) is 67.6 Å². The van der Waals surface area contributed by atoms with E-state index in [1.807, 2.05) is 23.9 Å². The van der Waals surface area contributed by atoms with Crippen LogP contribution in [0.4, 0.5) is 0 Å². The van der Waals surface area contributed by atoms with E-state index in [0.29, 0.717) is 12.2 Å². The van der Waals surface area contributed by atoms with E-state index in [0.717, 1.165) is 6.42 Å². The van der Waals surface area contributed by atoms with Crippen molar-refractivity contribution in [2.24, 2.45) is 5.92 Å². The molecule has 1 saturated heterocycles. The fourth-order valence-corrected chi connectivity index (χ4v) is 4.86. The Morgan fingerprint density at radius 2 is 1.52 bits per heavy atom. The molecule has 1 nitrogen and oxygen atoms in total. The quantitative estimate of drug-likeness (QED) is 0.774. The first-order chi connectivity index (χ1) is 10.3. The molecular weight excluding hydrogens is 276 g/mol. The van der Waals surface area contributed by atoms with Crippen molar-refractivity contribution in [3.63, 3.8) is 0 Å². The lowest BCUT2D eigenvalue weighted by Gasteiger charge is -2.35. The topological polar surface area (TPSA) is 17.1 Å². The SMILES string of the molecule is CCC1C(=O)C[C@H](c2ccccc2)S[C@H]1c1ccccc1. The van der Waals surface area contributed by atoms with Crippen LogP contribution in [-0.4, -0.2) is 5.78 Å². The molecule has 2 aromatic rings. The number of Topliss-reactive ketones (excluding diaryl/α,β-unsaturated/α-hetero) is 1. The lowest BCUT2D eigenvalue weighted by Crippen LogP contribution is -2.27. The number of carbonyl (C=O) groups excluding carboxylic acids is 1. The van der Waals surface area contributed by atoms with Crippen LogP contribution in [0, 0.1) is 5.92 Å². The number of hydrogen-bond acceptors (Lipinski definition) is 2. The van der Waals surface area contributed by atoms with Crippen LogP contribution in [0.1, 0.15) is 41.4 Å². The number of hydrogen-bond donors (Lipinski definition) is 0. The second-order valence-corrected chi connectivity index (χ2v) is 6.90. The van der Waals surface area contributed by atoms with Crippen LogP contribution in [0.5, 0.6) is 0 Å². The largest absolute Gasteiger partial charge is 0.299 e. The van der Waals surface area contributed by atoms with E-state index >= 15 is 0 Å². The number of benzene rings is 2. The van der Waals surface area contributed by atoms with E-state index < -0.39 is 0 Å². The lowest BCUT2D eigenvalue weighted by atomic mass is 9.88. The fraction of sp³-hybridized carbons (Fsp3) is 0.316. The van der Waals surface area contributed by atoms with Gasteiger partial charge in [-0.3, -0.25) is 4.79 Å². The third-order valence-electron chi connectivity index (χ3n) is 4.22. The molecule has 0 radical (unpaired) electrons. The average molecular weight is 296 g/mol. The highest BCUT2D eigenvalue weighted by atomic mass is 32.2. The highest BCUT2D eigenvalue weighted by Gasteiger charge is 2.37. The molecule has 1 fully saturated rings. The van der Waals surface area contributed by atoms with Crippen molar-refractivity contribution >= 4 is 17.5 Å². The normalized spacial score (nSPS) is 25.8. The molecule has 21 heavy (non-hydrogen) atoms. The third kappa shape index (κ3) is 3.06. The smallest absolute Gasteiger partial charge is 0.138 e. The monoisotopic (exact) mass is 296 g/mol. The molecule has 0 aliphatic carbocycles. The molecule has 0 spiro atoms. The van der Waals surface area contributed by atoms with Gasteiger partial charge in [0.05, 0.1) is 0 Å². The summed E-state index contributed by atoms with van der Waals surface area (Å²) >= 11 is 1.95. The molecule has 3 atom stereocenters. The van der Waals surface area contributed by atoms with E-state index in [-0.39, 0.29) is 16.4 Å². The fourth-order valence-electron chi connectivity index (χ4n) is 3.08. The minimum Gasteiger partial charge on any atom is -0.299 e. The molecular formula is C19H20OS. The summed E-state index contributed by atoms with van der Waals surface area (Å²) in [6, 6.07) is 20.9. The molecule has 1 aliphatic rings. The Morgan fingerprint density at radius 1 is 0.952 bits per heavy atom. The predicted octanol–water partition coefficient (Wildman–Crippen LogP) is 5.20. The Morgan fingerprint density at radius 3 is 2.10 bits per heavy atom. The van der Waals surface area contributed by atoms with Gasteiger partial charge in [-0.2, -0.15) is 0 Å². The molecule has 1 unspecified atom stereocenters. The summed E-state index contributed by atoms with van der Waals surface area (Å²) < 4.78 is 0. The van der Waals surface area contributed by atoms with Crippen molar-refractivity contribution in [2.75, 3.05) is 0 Å². The van der Waals surface area contributed by atoms with Crippen molar-refractivity contribution in [1.29, 1.82) is 0 Å². The molecule has 1 heterocycles. The summed E-state index contributed by atoms with van der Waals surface area (Å²) in [4.78, 5) is 12.6. The van der Waals surface area contributed by atoms with Crippen LogP contribution in [0.2, 0.25) is 0 Å². The Hall–Kier alpha value is -1.54. The van der Waals surface area contributed by atoms with Crippen LogP contribution < -0.4 is 0 Å². The highest BCUT2D eigenvalue weighted by Crippen LogP contribution is 2.52. The van der Waals surface area contributed by atoms with Crippen molar-refractivity contribution < 1.29 is 4.79 Å². The number of carbonyl (C=O) groups is 1. The third-order valence-corrected chi connectivity index (χ3v) is 5.88. The van der Waals surface area contributed by atoms with E-state index in [9.17, 15) is 4.79 Å². The number of rotatable bonds is 3. The van der Waals surface area contributed by atoms with E-state index in [4.69, 9.17) is 0 Å². The van der Waals surface area contributed by atoms with Crippen LogP contribution in [0.15, 0.2) is 60.7 Å². The average Bonchev–Trinajstić information content (AvgIpc) is 2.55. The number of thioether (sulfide) groups is 1. The first-order valence-electron chi connectivity index (χ1n) is 7.57. The molecule has 1 aliphatic heterocycles. The van der Waals surface area contributed by atoms with Gasteiger partial charge in [-0.05, 0) is 17.5 Å². The maximum Gasteiger partial charge on any atom is 0.138 e. The van der Waals surface area contributed by atoms with Crippen LogP contribution in [-0.2, 0) is 4.79 Å². The Labute approximate surface area is 130 Å². The summed E-state index contributed by atoms with van der Waals surface area (Å²) in [5, 5.41) is 0.564. The molecule has 0 saturated carbocycles. The van der Waals surface area contributed by atoms with Gasteiger partial charge in [-0.25, -0.2) is 0 Å². The Kier molecular flexibility index (Phi) is 4.45. The van der Waals surface area contributed by atoms with Crippen molar-refractivity contribution in [3.8, 4) is 0 Å². The second-order valence-electron chi connectivity index (χ2n) is 5.55. The molecule has 3 rings (SSSR count). The van der Waals surface area contributed by atoms with Gasteiger partial charge in [0.25, 0.3) is 0 Å². The molecule has 0 N–H and O–H groups in total. The van der Waals surface area contributed by atoms with Crippen LogP contribution >= 0.6 is 11.8 Å². The predicted molar refractivity (Wildman–Crippen MR) is 89.4 cm³/mol. The highest BCUT2D eigenvalue weighted by molar-refractivity contribution is 7.99. The molecule has 2 aromatic carbocycles. The van der Waals surface area contributed by atoms with Crippen molar-refractivity contribution in [3.05, 3.63) is 71.8 Å². The van der Waals surface area contributed by atoms with Crippen molar-refractivity contribution in [2.45, 2.75) is 30.3 Å². The molecule has 108 valence electrons. The Bertz CT molecular complexity index is 593. The maximum atomic E-state index is 12.6. The summed E-state index contributed by atoms with van der Waals surface area (Å²) in [6.07, 6.45) is 1.59. The minimum absolute atomic E-state index is 0.150. The summed E-state index contributed by atoms with van der Waals surface area (Å²) in [5.41, 5.74) is 2.55. The van der Waals surface area contributed by atoms with Gasteiger partial charge in [0.2, 0.25) is 0 Å². The van der Waals surface area contributed by atoms with Gasteiger partial charge >= 0.3 is 0 Å². The molecule has 0 amide bonds. The van der Waals surface area contributed by atoms with Crippen LogP contribution in [0.25, 0.3) is 0 Å². The lowest BCUT2D eigenvalue weighted by molar-refractivity contribution is -0.123. The molecule has 0 aromatic heterocycles. The number of ketones is 1. The van der Waals surface area contributed by atoms with Gasteiger partial charge in [-0.15, -0.1) is 11.8 Å². The first-order valence-corrected chi connectivity index (χ1v) is 8.52. The van der Waals surface area contributed by atoms with E-state index in [1.165, 1.54) is 11.1 Å². The van der Waals surface area contributed by atoms with Gasteiger partial charge in [0, 0.05) is 22.8 Å². The zero-order valence-corrected chi connectivity index (χ0v) is 13.1. The first kappa shape index (κ1) is 14.4. The summed E-state index contributed by atoms with van der Waals surface area (Å²) in [6.45, 7) is 2.13. The van der Waals surface area contributed by atoms with Crippen molar-refractivity contribution in [1.82, 2.24) is 0 Å².